The molecule has 0 spiro atoms. The number of carbonyl (C=O) groups excluding carboxylic acids is 1. The van der Waals surface area contributed by atoms with Crippen LogP contribution < -0.4 is 0 Å². The van der Waals surface area contributed by atoms with Crippen molar-refractivity contribution in [1.29, 1.82) is 0 Å². The van der Waals surface area contributed by atoms with Crippen LogP contribution in [0.25, 0.3) is 0 Å². The van der Waals surface area contributed by atoms with Crippen molar-refractivity contribution in [2.45, 2.75) is 53.4 Å². The Hall–Kier alpha value is -0.790. The predicted octanol–water partition coefficient (Wildman–Crippen LogP) is 3.62. The molecule has 0 fully saturated rings. The van der Waals surface area contributed by atoms with Gasteiger partial charge in [-0.1, -0.05) is 27.7 Å². The van der Waals surface area contributed by atoms with E-state index >= 15 is 0 Å². The minimum Gasteiger partial charge on any atom is -0.512 e. The number of carbonyl (C=O) groups is 1. The maximum atomic E-state index is 11.3. The van der Waals surface area contributed by atoms with Gasteiger partial charge in [-0.25, -0.2) is 0 Å². The standard InChI is InChI=1S/C12H22O2/c1-5-8-10(13)9-11(14)12(4,6-2)7-3/h9,14H,5-8H2,1-4H3/b11-9-. The number of aliphatic hydroxyl groups excluding tert-OH is 1. The molecule has 0 unspecified atom stereocenters. The molecular weight excluding hydrogens is 176 g/mol. The van der Waals surface area contributed by atoms with Crippen LogP contribution in [0.3, 0.4) is 0 Å². The lowest BCUT2D eigenvalue weighted by molar-refractivity contribution is -0.114. The van der Waals surface area contributed by atoms with Crippen LogP contribution in [0.1, 0.15) is 53.4 Å². The van der Waals surface area contributed by atoms with Crippen molar-refractivity contribution in [2.75, 3.05) is 0 Å². The topological polar surface area (TPSA) is 37.3 Å². The number of rotatable bonds is 6. The van der Waals surface area contributed by atoms with Gasteiger partial charge >= 0.3 is 0 Å². The van der Waals surface area contributed by atoms with Gasteiger partial charge in [0.15, 0.2) is 5.78 Å². The van der Waals surface area contributed by atoms with Gasteiger partial charge in [0.2, 0.25) is 0 Å². The second-order valence-electron chi connectivity index (χ2n) is 4.01. The quantitative estimate of drug-likeness (QED) is 0.522. The molecule has 0 amide bonds. The Morgan fingerprint density at radius 1 is 1.29 bits per heavy atom. The third kappa shape index (κ3) is 3.52. The summed E-state index contributed by atoms with van der Waals surface area (Å²) in [4.78, 5) is 11.3. The molecule has 0 aromatic carbocycles. The molecule has 0 aromatic heterocycles. The monoisotopic (exact) mass is 198 g/mol. The van der Waals surface area contributed by atoms with E-state index in [4.69, 9.17) is 0 Å². The molecule has 0 atom stereocenters. The molecule has 0 aliphatic heterocycles. The van der Waals surface area contributed by atoms with Gasteiger partial charge in [-0.15, -0.1) is 0 Å². The van der Waals surface area contributed by atoms with Crippen molar-refractivity contribution in [3.8, 4) is 0 Å². The maximum absolute atomic E-state index is 11.3. The molecule has 0 aromatic rings. The van der Waals surface area contributed by atoms with Crippen molar-refractivity contribution in [3.05, 3.63) is 11.8 Å². The summed E-state index contributed by atoms with van der Waals surface area (Å²) in [5.41, 5.74) is -0.233. The number of hydrogen-bond acceptors (Lipinski definition) is 2. The summed E-state index contributed by atoms with van der Waals surface area (Å²) >= 11 is 0. The average Bonchev–Trinajstić information content (AvgIpc) is 2.16. The van der Waals surface area contributed by atoms with Gasteiger partial charge < -0.3 is 5.11 Å². The third-order valence-electron chi connectivity index (χ3n) is 2.97. The Bertz CT molecular complexity index is 212. The van der Waals surface area contributed by atoms with Crippen LogP contribution in [0.5, 0.6) is 0 Å². The van der Waals surface area contributed by atoms with E-state index in [2.05, 4.69) is 0 Å². The van der Waals surface area contributed by atoms with E-state index in [-0.39, 0.29) is 17.0 Å². The molecule has 82 valence electrons. The Balaban J connectivity index is 4.56. The van der Waals surface area contributed by atoms with Crippen molar-refractivity contribution < 1.29 is 9.90 Å². The van der Waals surface area contributed by atoms with Crippen LogP contribution in [0.2, 0.25) is 0 Å². The largest absolute Gasteiger partial charge is 0.512 e. The van der Waals surface area contributed by atoms with E-state index < -0.39 is 0 Å². The second-order valence-corrected chi connectivity index (χ2v) is 4.01. The van der Waals surface area contributed by atoms with Gasteiger partial charge in [-0.05, 0) is 19.3 Å². The lowest BCUT2D eigenvalue weighted by Gasteiger charge is -2.25. The first-order chi connectivity index (χ1) is 6.50. The highest BCUT2D eigenvalue weighted by atomic mass is 16.3. The summed E-state index contributed by atoms with van der Waals surface area (Å²) in [6.07, 6.45) is 4.46. The van der Waals surface area contributed by atoms with Gasteiger partial charge in [-0.2, -0.15) is 0 Å². The van der Waals surface area contributed by atoms with E-state index in [0.717, 1.165) is 19.3 Å². The SMILES string of the molecule is CCCC(=O)/C=C(\O)C(C)(CC)CC. The van der Waals surface area contributed by atoms with Gasteiger partial charge in [-0.3, -0.25) is 4.79 Å². The molecule has 2 nitrogen and oxygen atoms in total. The molecule has 2 heteroatoms. The average molecular weight is 198 g/mol. The second kappa shape index (κ2) is 5.84. The molecule has 0 rings (SSSR count). The number of allylic oxidation sites excluding steroid dienone is 2. The molecule has 1 N–H and O–H groups in total. The highest BCUT2D eigenvalue weighted by molar-refractivity contribution is 5.90. The lowest BCUT2D eigenvalue weighted by Crippen LogP contribution is -2.18. The molecule has 0 radical (unpaired) electrons. The van der Waals surface area contributed by atoms with Crippen molar-refractivity contribution >= 4 is 5.78 Å². The summed E-state index contributed by atoms with van der Waals surface area (Å²) in [6.45, 7) is 8.00. The number of hydrogen-bond donors (Lipinski definition) is 1. The van der Waals surface area contributed by atoms with Crippen LogP contribution in [-0.2, 0) is 4.79 Å². The minimum absolute atomic E-state index is 0.0260. The first-order valence-corrected chi connectivity index (χ1v) is 5.44. The van der Waals surface area contributed by atoms with E-state index in [1.54, 1.807) is 0 Å². The molecule has 0 bridgehead atoms. The lowest BCUT2D eigenvalue weighted by atomic mass is 9.82. The van der Waals surface area contributed by atoms with Crippen LogP contribution in [-0.4, -0.2) is 10.9 Å². The molecule has 0 aliphatic carbocycles. The molecule has 0 saturated carbocycles. The van der Waals surface area contributed by atoms with Crippen LogP contribution in [0, 0.1) is 5.41 Å². The molecule has 0 saturated heterocycles. The number of ketones is 1. The molecule has 0 heterocycles. The summed E-state index contributed by atoms with van der Waals surface area (Å²) < 4.78 is 0. The van der Waals surface area contributed by atoms with E-state index in [1.807, 2.05) is 27.7 Å². The molecule has 14 heavy (non-hydrogen) atoms. The Morgan fingerprint density at radius 3 is 2.14 bits per heavy atom. The zero-order valence-corrected chi connectivity index (χ0v) is 9.76. The van der Waals surface area contributed by atoms with Gasteiger partial charge in [0.25, 0.3) is 0 Å². The highest BCUT2D eigenvalue weighted by Crippen LogP contribution is 2.32. The smallest absolute Gasteiger partial charge is 0.159 e. The summed E-state index contributed by atoms with van der Waals surface area (Å²) in [7, 11) is 0. The van der Waals surface area contributed by atoms with Crippen molar-refractivity contribution in [2.24, 2.45) is 5.41 Å². The van der Waals surface area contributed by atoms with Gasteiger partial charge in [0.05, 0.1) is 0 Å². The van der Waals surface area contributed by atoms with E-state index in [9.17, 15) is 9.90 Å². The molecule has 0 aliphatic rings. The Labute approximate surface area is 87.0 Å². The van der Waals surface area contributed by atoms with Crippen molar-refractivity contribution in [3.63, 3.8) is 0 Å². The van der Waals surface area contributed by atoms with E-state index in [1.165, 1.54) is 6.08 Å². The molecular formula is C12H22O2. The number of aliphatic hydroxyl groups is 1. The Morgan fingerprint density at radius 2 is 1.79 bits per heavy atom. The van der Waals surface area contributed by atoms with E-state index in [0.29, 0.717) is 6.42 Å². The predicted molar refractivity (Wildman–Crippen MR) is 59.3 cm³/mol. The Kier molecular flexibility index (Phi) is 5.51. The fourth-order valence-corrected chi connectivity index (χ4v) is 1.26. The van der Waals surface area contributed by atoms with Crippen LogP contribution in [0.15, 0.2) is 11.8 Å². The highest BCUT2D eigenvalue weighted by Gasteiger charge is 2.25. The first-order valence-electron chi connectivity index (χ1n) is 5.44. The van der Waals surface area contributed by atoms with Crippen LogP contribution >= 0.6 is 0 Å². The van der Waals surface area contributed by atoms with Crippen molar-refractivity contribution in [1.82, 2.24) is 0 Å². The fourth-order valence-electron chi connectivity index (χ4n) is 1.26. The normalized spacial score (nSPS) is 13.0. The third-order valence-corrected chi connectivity index (χ3v) is 2.97. The zero-order chi connectivity index (χ0) is 11.2. The maximum Gasteiger partial charge on any atom is 0.159 e. The summed E-state index contributed by atoms with van der Waals surface area (Å²) in [6, 6.07) is 0. The van der Waals surface area contributed by atoms with Crippen LogP contribution in [0.4, 0.5) is 0 Å². The minimum atomic E-state index is -0.233. The first kappa shape index (κ1) is 13.2. The summed E-state index contributed by atoms with van der Waals surface area (Å²) in [5.74, 6) is 0.263. The fraction of sp³-hybridized carbons (Fsp3) is 0.750. The van der Waals surface area contributed by atoms with Gasteiger partial charge in [0.1, 0.15) is 5.76 Å². The summed E-state index contributed by atoms with van der Waals surface area (Å²) in [5, 5.41) is 9.81. The zero-order valence-electron chi connectivity index (χ0n) is 9.76. The van der Waals surface area contributed by atoms with Gasteiger partial charge in [0, 0.05) is 17.9 Å².